The molecule has 0 atom stereocenters. The van der Waals surface area contributed by atoms with Crippen molar-refractivity contribution in [2.45, 2.75) is 43.7 Å². The van der Waals surface area contributed by atoms with E-state index in [0.29, 0.717) is 34.5 Å². The number of fused-ring (bicyclic) bond motifs is 2. The van der Waals surface area contributed by atoms with Crippen LogP contribution in [0.25, 0.3) is 16.6 Å². The second kappa shape index (κ2) is 11.3. The predicted molar refractivity (Wildman–Crippen MR) is 149 cm³/mol. The molecule has 0 radical (unpaired) electrons. The van der Waals surface area contributed by atoms with Gasteiger partial charge in [0, 0.05) is 17.9 Å². The number of hydrogen-bond donors (Lipinski definition) is 1. The Morgan fingerprint density at radius 3 is 2.70 bits per heavy atom. The maximum absolute atomic E-state index is 14.5. The quantitative estimate of drug-likeness (QED) is 0.141. The van der Waals surface area contributed by atoms with E-state index in [2.05, 4.69) is 22.4 Å². The van der Waals surface area contributed by atoms with Crippen LogP contribution < -0.4 is 10.9 Å². The van der Waals surface area contributed by atoms with E-state index in [1.54, 1.807) is 24.3 Å². The highest BCUT2D eigenvalue weighted by molar-refractivity contribution is 7.99. The molecule has 3 aromatic carbocycles. The topological polar surface area (TPSA) is 64.0 Å². The van der Waals surface area contributed by atoms with Crippen molar-refractivity contribution in [3.05, 3.63) is 91.9 Å². The van der Waals surface area contributed by atoms with Gasteiger partial charge >= 0.3 is 0 Å². The van der Waals surface area contributed by atoms with E-state index in [0.717, 1.165) is 24.9 Å². The summed E-state index contributed by atoms with van der Waals surface area (Å²) in [6.45, 7) is 0. The minimum absolute atomic E-state index is 0.0185. The number of aromatic nitrogens is 2. The summed E-state index contributed by atoms with van der Waals surface area (Å²) in [5.41, 5.74) is 3.77. The number of anilines is 1. The number of nitrogens with one attached hydrogen (secondary N) is 1. The summed E-state index contributed by atoms with van der Waals surface area (Å²) in [6, 6.07) is 15.3. The first-order chi connectivity index (χ1) is 17.9. The first-order valence-electron chi connectivity index (χ1n) is 12.1. The average Bonchev–Trinajstić information content (AvgIpc) is 3.34. The smallest absolute Gasteiger partial charge is 0.269 e. The number of thioether (sulfide) groups is 1. The van der Waals surface area contributed by atoms with Crippen LogP contribution in [0, 0.1) is 5.82 Å². The number of unbranched alkanes of at least 4 members (excludes halogenated alkanes) is 1. The Morgan fingerprint density at radius 1 is 1.03 bits per heavy atom. The number of amides is 1. The second-order valence-corrected chi connectivity index (χ2v) is 10.8. The van der Waals surface area contributed by atoms with Crippen molar-refractivity contribution in [1.29, 1.82) is 0 Å². The zero-order valence-electron chi connectivity index (χ0n) is 19.9. The van der Waals surface area contributed by atoms with Gasteiger partial charge in [0.1, 0.15) is 11.2 Å². The van der Waals surface area contributed by atoms with E-state index in [-0.39, 0.29) is 21.8 Å². The third-order valence-corrected chi connectivity index (χ3v) is 8.15. The van der Waals surface area contributed by atoms with Gasteiger partial charge in [-0.05, 0) is 85.7 Å². The molecule has 1 aromatic heterocycles. The van der Waals surface area contributed by atoms with Gasteiger partial charge in [-0.2, -0.15) is 0 Å². The lowest BCUT2D eigenvalue weighted by molar-refractivity contribution is -0.116. The van der Waals surface area contributed by atoms with Gasteiger partial charge in [0.25, 0.3) is 5.56 Å². The summed E-state index contributed by atoms with van der Waals surface area (Å²) in [5.74, 6) is -0.0227. The fourth-order valence-electron chi connectivity index (χ4n) is 4.54. The molecule has 5 rings (SSSR count). The molecule has 0 spiro atoms. The molecule has 0 unspecified atom stereocenters. The fourth-order valence-corrected chi connectivity index (χ4v) is 5.85. The fraction of sp³-hybridized carbons (Fsp3) is 0.250. The van der Waals surface area contributed by atoms with Crippen molar-refractivity contribution >= 4 is 57.5 Å². The number of halogens is 3. The van der Waals surface area contributed by atoms with Crippen molar-refractivity contribution in [3.63, 3.8) is 0 Å². The molecule has 1 N–H and O–H groups in total. The second-order valence-electron chi connectivity index (χ2n) is 8.96. The third kappa shape index (κ3) is 5.69. The van der Waals surface area contributed by atoms with Crippen LogP contribution in [0.4, 0.5) is 10.1 Å². The maximum atomic E-state index is 14.5. The van der Waals surface area contributed by atoms with Crippen molar-refractivity contribution in [1.82, 2.24) is 9.55 Å². The average molecular weight is 556 g/mol. The number of rotatable bonds is 8. The van der Waals surface area contributed by atoms with Gasteiger partial charge in [0.15, 0.2) is 5.16 Å². The molecule has 190 valence electrons. The van der Waals surface area contributed by atoms with Gasteiger partial charge in [-0.1, -0.05) is 47.1 Å². The number of aryl methyl sites for hydroxylation is 2. The first kappa shape index (κ1) is 25.8. The number of benzene rings is 3. The van der Waals surface area contributed by atoms with Gasteiger partial charge in [0.2, 0.25) is 5.91 Å². The number of carbonyl (C=O) groups is 1. The van der Waals surface area contributed by atoms with Crippen LogP contribution in [0.15, 0.2) is 64.5 Å². The summed E-state index contributed by atoms with van der Waals surface area (Å²) < 4.78 is 15.9. The van der Waals surface area contributed by atoms with Gasteiger partial charge in [0.05, 0.1) is 21.2 Å². The molecule has 0 saturated heterocycles. The number of nitrogens with zero attached hydrogens (tertiary/aromatic N) is 2. The van der Waals surface area contributed by atoms with E-state index < -0.39 is 11.4 Å². The lowest BCUT2D eigenvalue weighted by atomic mass is 10.1. The molecule has 0 bridgehead atoms. The lowest BCUT2D eigenvalue weighted by Crippen LogP contribution is -2.22. The monoisotopic (exact) mass is 555 g/mol. The van der Waals surface area contributed by atoms with Crippen LogP contribution >= 0.6 is 35.0 Å². The molecule has 9 heteroatoms. The Hall–Kier alpha value is -2.87. The maximum Gasteiger partial charge on any atom is 0.269 e. The molecule has 0 aliphatic heterocycles. The molecule has 0 saturated carbocycles. The highest BCUT2D eigenvalue weighted by Gasteiger charge is 2.17. The summed E-state index contributed by atoms with van der Waals surface area (Å²) in [4.78, 5) is 30.3. The van der Waals surface area contributed by atoms with E-state index in [9.17, 15) is 14.0 Å². The Morgan fingerprint density at radius 2 is 1.86 bits per heavy atom. The Kier molecular flexibility index (Phi) is 7.84. The van der Waals surface area contributed by atoms with E-state index in [1.807, 2.05) is 6.07 Å². The van der Waals surface area contributed by atoms with Gasteiger partial charge in [-0.3, -0.25) is 14.2 Å². The molecular weight excluding hydrogens is 532 g/mol. The van der Waals surface area contributed by atoms with E-state index >= 15 is 0 Å². The van der Waals surface area contributed by atoms with Gasteiger partial charge < -0.3 is 5.32 Å². The Balaban J connectivity index is 1.26. The van der Waals surface area contributed by atoms with Crippen molar-refractivity contribution in [3.8, 4) is 5.69 Å². The highest BCUT2D eigenvalue weighted by atomic mass is 35.5. The largest absolute Gasteiger partial charge is 0.326 e. The standard InChI is InChI=1S/C28H24Cl2FN3O2S/c29-21-13-12-20(16-22(21)30)34-27(36)26-23(31)7-4-8-24(26)33-28(34)37-14-2-1-9-25(35)32-19-11-10-17-5-3-6-18(17)15-19/h4,7-8,10-13,15-16H,1-3,5-6,9,14H2,(H,32,35). The van der Waals surface area contributed by atoms with Crippen LogP contribution in [0.5, 0.6) is 0 Å². The molecule has 1 aliphatic carbocycles. The summed E-state index contributed by atoms with van der Waals surface area (Å²) >= 11 is 13.6. The molecular formula is C28H24Cl2FN3O2S. The highest BCUT2D eigenvalue weighted by Crippen LogP contribution is 2.28. The molecule has 1 aliphatic rings. The summed E-state index contributed by atoms with van der Waals surface area (Å²) in [5, 5.41) is 3.96. The third-order valence-electron chi connectivity index (χ3n) is 6.39. The zero-order valence-corrected chi connectivity index (χ0v) is 22.2. The normalized spacial score (nSPS) is 12.6. The van der Waals surface area contributed by atoms with Gasteiger partial charge in [-0.25, -0.2) is 9.37 Å². The number of carbonyl (C=O) groups excluding carboxylic acids is 1. The molecule has 1 amide bonds. The van der Waals surface area contributed by atoms with Crippen LogP contribution in [-0.4, -0.2) is 21.2 Å². The van der Waals surface area contributed by atoms with Crippen molar-refractivity contribution < 1.29 is 9.18 Å². The minimum atomic E-state index is -0.630. The Bertz CT molecular complexity index is 1560. The molecule has 0 fully saturated rings. The summed E-state index contributed by atoms with van der Waals surface area (Å²) in [7, 11) is 0. The van der Waals surface area contributed by atoms with Gasteiger partial charge in [-0.15, -0.1) is 0 Å². The van der Waals surface area contributed by atoms with Crippen LogP contribution in [0.3, 0.4) is 0 Å². The lowest BCUT2D eigenvalue weighted by Gasteiger charge is -2.14. The van der Waals surface area contributed by atoms with Crippen molar-refractivity contribution in [2.24, 2.45) is 0 Å². The zero-order chi connectivity index (χ0) is 25.9. The Labute approximate surface area is 228 Å². The first-order valence-corrected chi connectivity index (χ1v) is 13.9. The molecule has 4 aromatic rings. The molecule has 37 heavy (non-hydrogen) atoms. The predicted octanol–water partition coefficient (Wildman–Crippen LogP) is 7.22. The minimum Gasteiger partial charge on any atom is -0.326 e. The van der Waals surface area contributed by atoms with Crippen LogP contribution in [0.2, 0.25) is 10.0 Å². The molecule has 5 nitrogen and oxygen atoms in total. The van der Waals surface area contributed by atoms with Crippen molar-refractivity contribution in [2.75, 3.05) is 11.1 Å². The van der Waals surface area contributed by atoms with E-state index in [1.165, 1.54) is 46.0 Å². The van der Waals surface area contributed by atoms with Crippen LogP contribution in [0.1, 0.15) is 36.8 Å². The number of hydrogen-bond acceptors (Lipinski definition) is 4. The van der Waals surface area contributed by atoms with Crippen LogP contribution in [-0.2, 0) is 17.6 Å². The SMILES string of the molecule is O=C(CCCCSc1nc2cccc(F)c2c(=O)n1-c1ccc(Cl)c(Cl)c1)Nc1ccc2c(c1)CCC2. The molecule has 1 heterocycles. The summed E-state index contributed by atoms with van der Waals surface area (Å²) in [6.07, 6.45) is 5.17. The van der Waals surface area contributed by atoms with E-state index in [4.69, 9.17) is 23.2 Å².